The Labute approximate surface area is 259 Å². The smallest absolute Gasteiger partial charge is 0.265 e. The van der Waals surface area contributed by atoms with Gasteiger partial charge in [0.15, 0.2) is 14.6 Å². The molecule has 0 saturated carbocycles. The summed E-state index contributed by atoms with van der Waals surface area (Å²) in [5.41, 5.74) is 3.76. The van der Waals surface area contributed by atoms with E-state index in [-0.39, 0.29) is 30.1 Å². The Morgan fingerprint density at radius 3 is 2.37 bits per heavy atom. The molecule has 11 nitrogen and oxygen atoms in total. The molecule has 2 heterocycles. The molecule has 0 unspecified atom stereocenters. The summed E-state index contributed by atoms with van der Waals surface area (Å²) in [7, 11) is -2.50. The largest absolute Gasteiger partial charge is 0.494 e. The number of nitrogens with zero attached hydrogens (tertiary/aromatic N) is 3. The van der Waals surface area contributed by atoms with Gasteiger partial charge in [-0.1, -0.05) is 43.3 Å². The molecule has 1 aliphatic rings. The van der Waals surface area contributed by atoms with Gasteiger partial charge in [-0.2, -0.15) is 4.98 Å². The van der Waals surface area contributed by atoms with Crippen molar-refractivity contribution in [1.82, 2.24) is 20.5 Å². The Morgan fingerprint density at radius 1 is 1.09 bits per heavy atom. The van der Waals surface area contributed by atoms with Crippen molar-refractivity contribution in [3.8, 4) is 17.1 Å². The summed E-state index contributed by atoms with van der Waals surface area (Å²) in [6.07, 6.45) is 2.29. The number of nitrogens with one attached hydrogen (secondary N) is 1. The van der Waals surface area contributed by atoms with Crippen LogP contribution in [0.5, 0.6) is 5.75 Å². The zero-order valence-corrected chi connectivity index (χ0v) is 26.5. The van der Waals surface area contributed by atoms with E-state index < -0.39 is 20.5 Å². The molecule has 1 saturated heterocycles. The van der Waals surface area contributed by atoms with Crippen LogP contribution in [0.2, 0.25) is 0 Å². The SMILES string of the molecule is COCCN1CCC(C(=O)NO)(S(=O)(=O)c2ccc(OCCCc3nc(-c4ccc(CC(C)C)cc4)no3)cc2)CC1.Cl. The second-order valence-electron chi connectivity index (χ2n) is 11.0. The van der Waals surface area contributed by atoms with Crippen molar-refractivity contribution in [2.45, 2.75) is 55.6 Å². The van der Waals surface area contributed by atoms with Crippen LogP contribution in [-0.2, 0) is 32.2 Å². The quantitative estimate of drug-likeness (QED) is 0.151. The number of halogens is 1. The van der Waals surface area contributed by atoms with Crippen LogP contribution in [0.3, 0.4) is 0 Å². The Morgan fingerprint density at radius 2 is 1.77 bits per heavy atom. The maximum absolute atomic E-state index is 13.6. The summed E-state index contributed by atoms with van der Waals surface area (Å²) >= 11 is 0. The average molecular weight is 637 g/mol. The van der Waals surface area contributed by atoms with Crippen molar-refractivity contribution in [1.29, 1.82) is 0 Å². The van der Waals surface area contributed by atoms with Crippen molar-refractivity contribution in [3.05, 3.63) is 60.0 Å². The number of hydrogen-bond donors (Lipinski definition) is 2. The van der Waals surface area contributed by atoms with Gasteiger partial charge in [-0.05, 0) is 61.4 Å². The van der Waals surface area contributed by atoms with Crippen molar-refractivity contribution >= 4 is 28.2 Å². The van der Waals surface area contributed by atoms with Crippen LogP contribution in [0, 0.1) is 5.92 Å². The van der Waals surface area contributed by atoms with E-state index >= 15 is 0 Å². The number of likely N-dealkylation sites (tertiary alicyclic amines) is 1. The number of carbonyl (C=O) groups excluding carboxylic acids is 1. The molecule has 13 heteroatoms. The van der Waals surface area contributed by atoms with E-state index in [0.29, 0.717) is 69.1 Å². The van der Waals surface area contributed by atoms with Crippen LogP contribution in [0.25, 0.3) is 11.4 Å². The number of aromatic nitrogens is 2. The van der Waals surface area contributed by atoms with E-state index in [2.05, 4.69) is 36.1 Å². The molecule has 1 aliphatic heterocycles. The highest BCUT2D eigenvalue weighted by Crippen LogP contribution is 2.36. The van der Waals surface area contributed by atoms with E-state index in [1.165, 1.54) is 17.7 Å². The maximum atomic E-state index is 13.6. The zero-order chi connectivity index (χ0) is 30.2. The van der Waals surface area contributed by atoms with Crippen molar-refractivity contribution in [3.63, 3.8) is 0 Å². The van der Waals surface area contributed by atoms with E-state index in [1.54, 1.807) is 24.7 Å². The van der Waals surface area contributed by atoms with Crippen molar-refractivity contribution in [2.24, 2.45) is 5.92 Å². The highest BCUT2D eigenvalue weighted by molar-refractivity contribution is 7.93. The lowest BCUT2D eigenvalue weighted by Gasteiger charge is -2.39. The predicted molar refractivity (Wildman–Crippen MR) is 163 cm³/mol. The molecule has 1 aromatic heterocycles. The summed E-state index contributed by atoms with van der Waals surface area (Å²) in [6.45, 7) is 6.68. The maximum Gasteiger partial charge on any atom is 0.265 e. The van der Waals surface area contributed by atoms with E-state index in [4.69, 9.17) is 14.0 Å². The Hall–Kier alpha value is -3.03. The number of amides is 1. The van der Waals surface area contributed by atoms with Gasteiger partial charge in [0.05, 0.1) is 18.1 Å². The number of rotatable bonds is 14. The monoisotopic (exact) mass is 636 g/mol. The molecule has 0 aliphatic carbocycles. The first-order valence-corrected chi connectivity index (χ1v) is 15.7. The minimum absolute atomic E-state index is 0. The standard InChI is InChI=1S/C30H40N4O7S.ClH/c1-22(2)21-23-6-8-24(9-7-23)28-31-27(41-33-28)5-4-19-40-25-10-12-26(13-11-25)42(37,38)30(29(35)32-36)14-16-34(17-15-30)18-20-39-3;/h6-13,22,36H,4-5,14-21H2,1-3H3,(H,32,35);1H. The minimum atomic E-state index is -4.10. The fourth-order valence-corrected chi connectivity index (χ4v) is 7.12. The summed E-state index contributed by atoms with van der Waals surface area (Å²) in [4.78, 5) is 19.2. The molecule has 1 fully saturated rings. The Balaban J connectivity index is 0.00000506. The highest BCUT2D eigenvalue weighted by Gasteiger charge is 2.52. The molecule has 0 radical (unpaired) electrons. The topological polar surface area (TPSA) is 144 Å². The molecule has 0 spiro atoms. The Bertz CT molecular complexity index is 1410. The number of piperidine rings is 1. The van der Waals surface area contributed by atoms with Crippen LogP contribution in [0.1, 0.15) is 44.6 Å². The molecule has 0 bridgehead atoms. The second kappa shape index (κ2) is 15.6. The van der Waals surface area contributed by atoms with Gasteiger partial charge in [-0.3, -0.25) is 10.0 Å². The van der Waals surface area contributed by atoms with Gasteiger partial charge in [-0.15, -0.1) is 12.4 Å². The minimum Gasteiger partial charge on any atom is -0.494 e. The molecule has 43 heavy (non-hydrogen) atoms. The first-order valence-electron chi connectivity index (χ1n) is 14.2. The van der Waals surface area contributed by atoms with Crippen LogP contribution < -0.4 is 10.2 Å². The van der Waals surface area contributed by atoms with Crippen molar-refractivity contribution < 1.29 is 32.4 Å². The van der Waals surface area contributed by atoms with Gasteiger partial charge < -0.3 is 18.9 Å². The van der Waals surface area contributed by atoms with Gasteiger partial charge in [-0.25, -0.2) is 13.9 Å². The first kappa shape index (κ1) is 34.5. The van der Waals surface area contributed by atoms with Gasteiger partial charge in [0.1, 0.15) is 5.75 Å². The third kappa shape index (κ3) is 8.33. The van der Waals surface area contributed by atoms with E-state index in [9.17, 15) is 18.4 Å². The van der Waals surface area contributed by atoms with Crippen LogP contribution in [0.15, 0.2) is 57.9 Å². The first-order chi connectivity index (χ1) is 20.2. The predicted octanol–water partition coefficient (Wildman–Crippen LogP) is 4.13. The number of methoxy groups -OCH3 is 1. The summed E-state index contributed by atoms with van der Waals surface area (Å²) in [5.74, 6) is 1.24. The third-order valence-electron chi connectivity index (χ3n) is 7.57. The highest BCUT2D eigenvalue weighted by atomic mass is 35.5. The number of aryl methyl sites for hydroxylation is 1. The second-order valence-corrected chi connectivity index (χ2v) is 13.3. The number of hydrogen-bond acceptors (Lipinski definition) is 10. The molecule has 2 N–H and O–H groups in total. The number of ether oxygens (including phenoxy) is 2. The van der Waals surface area contributed by atoms with E-state index in [0.717, 1.165) is 12.0 Å². The average Bonchev–Trinajstić information content (AvgIpc) is 3.47. The Kier molecular flexibility index (Phi) is 12.5. The van der Waals surface area contributed by atoms with Gasteiger partial charge >= 0.3 is 0 Å². The van der Waals surface area contributed by atoms with Crippen LogP contribution in [-0.4, -0.2) is 79.3 Å². The number of benzene rings is 2. The molecular formula is C30H41ClN4O7S. The lowest BCUT2D eigenvalue weighted by molar-refractivity contribution is -0.133. The van der Waals surface area contributed by atoms with Gasteiger partial charge in [0.2, 0.25) is 11.7 Å². The molecule has 4 rings (SSSR count). The molecule has 3 aromatic rings. The van der Waals surface area contributed by atoms with Crippen molar-refractivity contribution in [2.75, 3.05) is 40.0 Å². The number of sulfone groups is 1. The normalized spacial score (nSPS) is 15.2. The number of carbonyl (C=O) groups is 1. The lowest BCUT2D eigenvalue weighted by Crippen LogP contribution is -2.57. The van der Waals surface area contributed by atoms with E-state index in [1.807, 2.05) is 17.0 Å². The third-order valence-corrected chi connectivity index (χ3v) is 10.1. The van der Waals surface area contributed by atoms with Gasteiger partial charge in [0.25, 0.3) is 5.91 Å². The molecule has 236 valence electrons. The summed E-state index contributed by atoms with van der Waals surface area (Å²) in [6, 6.07) is 14.2. The fourth-order valence-electron chi connectivity index (χ4n) is 5.17. The molecule has 1 amide bonds. The molecule has 2 aromatic carbocycles. The summed E-state index contributed by atoms with van der Waals surface area (Å²) in [5, 5.41) is 13.5. The zero-order valence-electron chi connectivity index (χ0n) is 24.8. The molecular weight excluding hydrogens is 596 g/mol. The van der Waals surface area contributed by atoms with Gasteiger partial charge in [0, 0.05) is 38.7 Å². The summed E-state index contributed by atoms with van der Waals surface area (Å²) < 4.78 is 41.8. The number of hydroxylamine groups is 1. The lowest BCUT2D eigenvalue weighted by atomic mass is 9.95. The van der Waals surface area contributed by atoms with Crippen LogP contribution in [0.4, 0.5) is 0 Å². The van der Waals surface area contributed by atoms with Crippen LogP contribution >= 0.6 is 12.4 Å². The molecule has 0 atom stereocenters. The fraction of sp³-hybridized carbons (Fsp3) is 0.500.